The number of fused-ring (bicyclic) bond motifs is 2. The summed E-state index contributed by atoms with van der Waals surface area (Å²) < 4.78 is 0. The van der Waals surface area contributed by atoms with Crippen LogP contribution in [-0.4, -0.2) is 12.6 Å². The third-order valence-corrected chi connectivity index (χ3v) is 4.40. The Bertz CT molecular complexity index is 648. The lowest BCUT2D eigenvalue weighted by Crippen LogP contribution is -2.20. The van der Waals surface area contributed by atoms with Gasteiger partial charge < -0.3 is 9.59 Å². The van der Waals surface area contributed by atoms with Gasteiger partial charge in [-0.2, -0.15) is 0 Å². The van der Waals surface area contributed by atoms with Crippen LogP contribution < -0.4 is 0 Å². The van der Waals surface area contributed by atoms with Gasteiger partial charge in [-0.25, -0.2) is 0 Å². The van der Waals surface area contributed by atoms with Gasteiger partial charge >= 0.3 is 0 Å². The Morgan fingerprint density at radius 3 is 1.50 bits per heavy atom. The molecule has 0 aliphatic heterocycles. The highest BCUT2D eigenvalue weighted by atomic mass is 35.5. The molecule has 0 aromatic heterocycles. The number of carbonyl (C=O) groups excluding carboxylic acids is 2. The largest absolute Gasteiger partial charge is 0.302 e. The van der Waals surface area contributed by atoms with Gasteiger partial charge in [0.2, 0.25) is 0 Å². The summed E-state index contributed by atoms with van der Waals surface area (Å²) >= 11 is 12.5. The number of carbonyl (C=O) groups is 2. The molecule has 0 saturated carbocycles. The summed E-state index contributed by atoms with van der Waals surface area (Å²) in [4.78, 5) is 23.1. The molecule has 0 spiro atoms. The zero-order valence-corrected chi connectivity index (χ0v) is 11.9. The van der Waals surface area contributed by atoms with E-state index >= 15 is 0 Å². The van der Waals surface area contributed by atoms with Crippen LogP contribution in [0.5, 0.6) is 0 Å². The maximum atomic E-state index is 11.6. The topological polar surface area (TPSA) is 34.1 Å². The van der Waals surface area contributed by atoms with E-state index in [1.165, 1.54) is 0 Å². The van der Waals surface area contributed by atoms with Crippen molar-refractivity contribution in [3.8, 4) is 0 Å². The monoisotopic (exact) mass is 304 g/mol. The summed E-state index contributed by atoms with van der Waals surface area (Å²) in [5.41, 5.74) is 2.92. The van der Waals surface area contributed by atoms with E-state index in [4.69, 9.17) is 23.2 Å². The molecular formula is C16H10Cl2O2. The molecule has 0 fully saturated rings. The third-order valence-electron chi connectivity index (χ3n) is 3.74. The van der Waals surface area contributed by atoms with Gasteiger partial charge in [0, 0.05) is 10.0 Å². The van der Waals surface area contributed by atoms with Crippen LogP contribution in [0.25, 0.3) is 0 Å². The first-order valence-electron chi connectivity index (χ1n) is 6.16. The predicted octanol–water partition coefficient (Wildman–Crippen LogP) is 3.97. The molecule has 0 heterocycles. The first kappa shape index (κ1) is 13.3. The zero-order chi connectivity index (χ0) is 14.3. The minimum Gasteiger partial charge on any atom is -0.302 e. The number of hydrogen-bond acceptors (Lipinski definition) is 2. The van der Waals surface area contributed by atoms with Gasteiger partial charge in [-0.15, -0.1) is 0 Å². The summed E-state index contributed by atoms with van der Waals surface area (Å²) in [7, 11) is 0. The average molecular weight is 305 g/mol. The fraction of sp³-hybridized carbons (Fsp3) is 0.125. The molecule has 0 N–H and O–H groups in total. The molecule has 0 bridgehead atoms. The lowest BCUT2D eigenvalue weighted by molar-refractivity contribution is -0.109. The van der Waals surface area contributed by atoms with Gasteiger partial charge in [0.15, 0.2) is 0 Å². The molecule has 0 saturated heterocycles. The zero-order valence-electron chi connectivity index (χ0n) is 10.3. The summed E-state index contributed by atoms with van der Waals surface area (Å²) in [6, 6.07) is 10.7. The highest BCUT2D eigenvalue weighted by molar-refractivity contribution is 6.32. The van der Waals surface area contributed by atoms with Crippen molar-refractivity contribution in [3.05, 3.63) is 68.7 Å². The summed E-state index contributed by atoms with van der Waals surface area (Å²) in [5.74, 6) is -0.966. The molecule has 1 aliphatic carbocycles. The maximum Gasteiger partial charge on any atom is 0.131 e. The van der Waals surface area contributed by atoms with E-state index in [0.717, 1.165) is 23.7 Å². The van der Waals surface area contributed by atoms with Gasteiger partial charge in [0.05, 0.1) is 11.8 Å². The Morgan fingerprint density at radius 2 is 1.15 bits per heavy atom. The normalized spacial score (nSPS) is 19.9. The van der Waals surface area contributed by atoms with Crippen LogP contribution in [0.4, 0.5) is 0 Å². The molecule has 20 heavy (non-hydrogen) atoms. The van der Waals surface area contributed by atoms with Crippen molar-refractivity contribution in [2.75, 3.05) is 0 Å². The maximum absolute atomic E-state index is 11.6. The van der Waals surface area contributed by atoms with Crippen LogP contribution in [0.1, 0.15) is 34.1 Å². The molecule has 4 heteroatoms. The number of rotatable bonds is 2. The second-order valence-corrected chi connectivity index (χ2v) is 5.53. The Balaban J connectivity index is 2.39. The van der Waals surface area contributed by atoms with Crippen LogP contribution >= 0.6 is 23.2 Å². The lowest BCUT2D eigenvalue weighted by Gasteiger charge is -2.30. The molecule has 0 amide bonds. The van der Waals surface area contributed by atoms with Crippen molar-refractivity contribution in [2.45, 2.75) is 11.8 Å². The van der Waals surface area contributed by atoms with E-state index in [2.05, 4.69) is 0 Å². The lowest BCUT2D eigenvalue weighted by atomic mass is 9.73. The number of halogens is 2. The molecule has 1 aliphatic rings. The first-order chi connectivity index (χ1) is 9.69. The third kappa shape index (κ3) is 1.80. The van der Waals surface area contributed by atoms with Crippen LogP contribution in [0.3, 0.4) is 0 Å². The fourth-order valence-corrected chi connectivity index (χ4v) is 3.50. The molecule has 2 aromatic carbocycles. The molecular weight excluding hydrogens is 295 g/mol. The molecule has 100 valence electrons. The Hall–Kier alpha value is -1.64. The second kappa shape index (κ2) is 5.04. The molecule has 2 atom stereocenters. The minimum atomic E-state index is -0.483. The van der Waals surface area contributed by atoms with E-state index in [1.807, 2.05) is 12.1 Å². The van der Waals surface area contributed by atoms with Crippen molar-refractivity contribution < 1.29 is 9.59 Å². The molecule has 0 unspecified atom stereocenters. The van der Waals surface area contributed by atoms with Crippen molar-refractivity contribution >= 4 is 35.8 Å². The summed E-state index contributed by atoms with van der Waals surface area (Å²) in [6.45, 7) is 0. The molecule has 0 radical (unpaired) electrons. The smallest absolute Gasteiger partial charge is 0.131 e. The van der Waals surface area contributed by atoms with Crippen LogP contribution in [-0.2, 0) is 9.59 Å². The van der Waals surface area contributed by atoms with Crippen molar-refractivity contribution in [3.63, 3.8) is 0 Å². The fourth-order valence-electron chi connectivity index (χ4n) is 2.90. The Labute approximate surface area is 126 Å². The Kier molecular flexibility index (Phi) is 3.36. The van der Waals surface area contributed by atoms with Crippen molar-refractivity contribution in [1.82, 2.24) is 0 Å². The summed E-state index contributed by atoms with van der Waals surface area (Å²) in [6.07, 6.45) is 1.70. The van der Waals surface area contributed by atoms with E-state index in [-0.39, 0.29) is 0 Å². The molecule has 2 nitrogen and oxygen atoms in total. The van der Waals surface area contributed by atoms with E-state index in [0.29, 0.717) is 21.2 Å². The van der Waals surface area contributed by atoms with Crippen molar-refractivity contribution in [2.24, 2.45) is 0 Å². The predicted molar refractivity (Wildman–Crippen MR) is 78.7 cm³/mol. The van der Waals surface area contributed by atoms with E-state index < -0.39 is 11.8 Å². The van der Waals surface area contributed by atoms with E-state index in [9.17, 15) is 9.59 Å². The number of benzene rings is 2. The number of aldehydes is 2. The first-order valence-corrected chi connectivity index (χ1v) is 6.91. The van der Waals surface area contributed by atoms with Crippen LogP contribution in [0.15, 0.2) is 36.4 Å². The highest BCUT2D eigenvalue weighted by Gasteiger charge is 2.34. The standard InChI is InChI=1S/C16H10Cl2O2/c17-13-5-1-3-9-11(7-19)16-10(4-2-6-14(16)18)12(8-20)15(9)13/h1-8,11-12H/t11-,12+. The van der Waals surface area contributed by atoms with Crippen molar-refractivity contribution in [1.29, 1.82) is 0 Å². The average Bonchev–Trinajstić information content (AvgIpc) is 2.46. The number of hydrogen-bond donors (Lipinski definition) is 0. The van der Waals surface area contributed by atoms with Gasteiger partial charge in [0.1, 0.15) is 12.6 Å². The highest BCUT2D eigenvalue weighted by Crippen LogP contribution is 2.46. The SMILES string of the molecule is O=C[C@@H]1c2cccc(Cl)c2[C@@H](C=O)c2cccc(Cl)c21. The van der Waals surface area contributed by atoms with Gasteiger partial charge in [-0.05, 0) is 34.4 Å². The van der Waals surface area contributed by atoms with Gasteiger partial charge in [-0.1, -0.05) is 47.5 Å². The van der Waals surface area contributed by atoms with Gasteiger partial charge in [0.25, 0.3) is 0 Å². The quantitative estimate of drug-likeness (QED) is 0.787. The van der Waals surface area contributed by atoms with Crippen LogP contribution in [0, 0.1) is 0 Å². The minimum absolute atomic E-state index is 0.483. The van der Waals surface area contributed by atoms with Crippen LogP contribution in [0.2, 0.25) is 10.0 Å². The second-order valence-electron chi connectivity index (χ2n) is 4.71. The molecule has 2 aromatic rings. The Morgan fingerprint density at radius 1 is 0.750 bits per heavy atom. The summed E-state index contributed by atoms with van der Waals surface area (Å²) in [5, 5.41) is 0.995. The van der Waals surface area contributed by atoms with E-state index in [1.54, 1.807) is 24.3 Å². The van der Waals surface area contributed by atoms with Gasteiger partial charge in [-0.3, -0.25) is 0 Å². The molecule has 3 rings (SSSR count).